The Hall–Kier alpha value is -2.88. The van der Waals surface area contributed by atoms with E-state index in [9.17, 15) is 14.3 Å². The number of fused-ring (bicyclic) bond motifs is 1. The monoisotopic (exact) mass is 483 g/mol. The summed E-state index contributed by atoms with van der Waals surface area (Å²) in [5.74, 6) is -0.330. The van der Waals surface area contributed by atoms with Gasteiger partial charge in [0.15, 0.2) is 11.2 Å². The smallest absolute Gasteiger partial charge is 0.223 e. The van der Waals surface area contributed by atoms with Gasteiger partial charge >= 0.3 is 0 Å². The molecule has 1 fully saturated rings. The Morgan fingerprint density at radius 1 is 1.29 bits per heavy atom. The standard InChI is InChI=1S/C26H34FN5O3/c1-15(2)32-17(12-29-26(3,4)5)11-22(33)18-7-6-16(10-21(18)32)24-19(27)13-28-25(31-24)30-20-8-9-35-14-23(20)34/h6-7,10-11,13,15,20,23,29,34H,8-9,12,14H2,1-5H3,(H,28,30,31)/t20-,23-/m1/s1. The van der Waals surface area contributed by atoms with Gasteiger partial charge in [0, 0.05) is 47.4 Å². The SMILES string of the molecule is CC(C)n1c(CNC(C)(C)C)cc(=O)c2ccc(-c3nc(N[C@@H]4CCOC[C@H]4O)ncc3F)cc21. The largest absolute Gasteiger partial charge is 0.389 e. The van der Waals surface area contributed by atoms with E-state index in [1.54, 1.807) is 18.2 Å². The summed E-state index contributed by atoms with van der Waals surface area (Å²) in [4.78, 5) is 21.4. The van der Waals surface area contributed by atoms with E-state index < -0.39 is 11.9 Å². The zero-order valence-corrected chi connectivity index (χ0v) is 20.9. The predicted molar refractivity (Wildman–Crippen MR) is 135 cm³/mol. The van der Waals surface area contributed by atoms with Crippen LogP contribution in [0.25, 0.3) is 22.2 Å². The molecule has 2 aromatic heterocycles. The second-order valence-corrected chi connectivity index (χ2v) is 10.4. The lowest BCUT2D eigenvalue weighted by molar-refractivity contribution is -0.0136. The van der Waals surface area contributed by atoms with E-state index in [1.807, 2.05) is 6.07 Å². The van der Waals surface area contributed by atoms with Gasteiger partial charge in [-0.1, -0.05) is 6.07 Å². The van der Waals surface area contributed by atoms with Crippen LogP contribution in [-0.2, 0) is 11.3 Å². The maximum absolute atomic E-state index is 14.9. The van der Waals surface area contributed by atoms with Crippen LogP contribution < -0.4 is 16.1 Å². The first-order valence-corrected chi connectivity index (χ1v) is 12.0. The average Bonchev–Trinajstić information content (AvgIpc) is 2.79. The van der Waals surface area contributed by atoms with Crippen LogP contribution in [0.3, 0.4) is 0 Å². The Kier molecular flexibility index (Phi) is 7.21. The molecule has 0 spiro atoms. The minimum atomic E-state index is -0.692. The van der Waals surface area contributed by atoms with Gasteiger partial charge in [0.25, 0.3) is 0 Å². The second kappa shape index (κ2) is 10.0. The van der Waals surface area contributed by atoms with E-state index in [-0.39, 0.29) is 41.3 Å². The topological polar surface area (TPSA) is 101 Å². The third-order valence-electron chi connectivity index (χ3n) is 6.10. The number of nitrogens with zero attached hydrogens (tertiary/aromatic N) is 3. The highest BCUT2D eigenvalue weighted by Crippen LogP contribution is 2.27. The van der Waals surface area contributed by atoms with Crippen LogP contribution in [0.15, 0.2) is 35.3 Å². The number of hydrogen-bond acceptors (Lipinski definition) is 7. The van der Waals surface area contributed by atoms with Gasteiger partial charge in [-0.2, -0.15) is 0 Å². The fourth-order valence-corrected chi connectivity index (χ4v) is 4.34. The van der Waals surface area contributed by atoms with Crippen molar-refractivity contribution in [2.24, 2.45) is 0 Å². The summed E-state index contributed by atoms with van der Waals surface area (Å²) >= 11 is 0. The summed E-state index contributed by atoms with van der Waals surface area (Å²) in [7, 11) is 0. The van der Waals surface area contributed by atoms with Gasteiger partial charge in [-0.15, -0.1) is 0 Å². The molecule has 0 radical (unpaired) electrons. The molecule has 0 bridgehead atoms. The van der Waals surface area contributed by atoms with Crippen molar-refractivity contribution in [3.8, 4) is 11.3 Å². The number of rotatable bonds is 6. The van der Waals surface area contributed by atoms with Crippen LogP contribution in [0.2, 0.25) is 0 Å². The lowest BCUT2D eigenvalue weighted by Gasteiger charge is -2.28. The second-order valence-electron chi connectivity index (χ2n) is 10.4. The first-order valence-electron chi connectivity index (χ1n) is 12.0. The maximum atomic E-state index is 14.9. The number of nitrogens with one attached hydrogen (secondary N) is 2. The molecule has 1 aliphatic rings. The molecule has 0 saturated carbocycles. The average molecular weight is 484 g/mol. The Morgan fingerprint density at radius 2 is 2.06 bits per heavy atom. The number of aliphatic hydroxyl groups excluding tert-OH is 1. The Labute approximate surface area is 204 Å². The van der Waals surface area contributed by atoms with Crippen molar-refractivity contribution in [1.82, 2.24) is 19.9 Å². The molecule has 1 aromatic carbocycles. The Balaban J connectivity index is 1.77. The first kappa shape index (κ1) is 25.2. The summed E-state index contributed by atoms with van der Waals surface area (Å²) in [5.41, 5.74) is 2.08. The number of ether oxygens (including phenoxy) is 1. The maximum Gasteiger partial charge on any atom is 0.223 e. The molecule has 1 saturated heterocycles. The number of aromatic nitrogens is 3. The van der Waals surface area contributed by atoms with Crippen LogP contribution in [0.4, 0.5) is 10.3 Å². The number of pyridine rings is 1. The molecule has 4 rings (SSSR count). The summed E-state index contributed by atoms with van der Waals surface area (Å²) in [6.07, 6.45) is 1.03. The normalized spacial score (nSPS) is 18.9. The lowest BCUT2D eigenvalue weighted by atomic mass is 10.0. The van der Waals surface area contributed by atoms with Crippen molar-refractivity contribution in [2.45, 2.75) is 71.3 Å². The number of hydrogen-bond donors (Lipinski definition) is 3. The van der Waals surface area contributed by atoms with E-state index in [1.165, 1.54) is 0 Å². The minimum Gasteiger partial charge on any atom is -0.389 e. The molecular formula is C26H34FN5O3. The zero-order chi connectivity index (χ0) is 25.3. The quantitative estimate of drug-likeness (QED) is 0.492. The van der Waals surface area contributed by atoms with Crippen LogP contribution in [-0.4, -0.2) is 50.5 Å². The van der Waals surface area contributed by atoms with E-state index in [4.69, 9.17) is 4.74 Å². The van der Waals surface area contributed by atoms with Gasteiger partial charge in [-0.25, -0.2) is 14.4 Å². The molecule has 9 heteroatoms. The van der Waals surface area contributed by atoms with Crippen LogP contribution >= 0.6 is 0 Å². The molecule has 8 nitrogen and oxygen atoms in total. The molecule has 3 N–H and O–H groups in total. The fourth-order valence-electron chi connectivity index (χ4n) is 4.34. The third-order valence-corrected chi connectivity index (χ3v) is 6.10. The Bertz CT molecular complexity index is 1270. The van der Waals surface area contributed by atoms with Crippen LogP contribution in [0.1, 0.15) is 52.8 Å². The molecule has 3 aromatic rings. The van der Waals surface area contributed by atoms with Crippen molar-refractivity contribution in [3.05, 3.63) is 52.2 Å². The van der Waals surface area contributed by atoms with Gasteiger partial charge in [-0.05, 0) is 53.2 Å². The van der Waals surface area contributed by atoms with E-state index in [2.05, 4.69) is 59.8 Å². The highest BCUT2D eigenvalue weighted by Gasteiger charge is 2.25. The predicted octanol–water partition coefficient (Wildman–Crippen LogP) is 3.63. The lowest BCUT2D eigenvalue weighted by Crippen LogP contribution is -2.42. The first-order chi connectivity index (χ1) is 16.5. The number of aliphatic hydroxyl groups is 1. The van der Waals surface area contributed by atoms with Crippen molar-refractivity contribution in [3.63, 3.8) is 0 Å². The molecule has 0 unspecified atom stereocenters. The molecule has 0 aliphatic carbocycles. The molecule has 3 heterocycles. The van der Waals surface area contributed by atoms with Gasteiger partial charge in [0.05, 0.1) is 30.5 Å². The number of halogens is 1. The summed E-state index contributed by atoms with van der Waals surface area (Å²) in [6, 6.07) is 6.72. The van der Waals surface area contributed by atoms with E-state index in [0.29, 0.717) is 30.5 Å². The van der Waals surface area contributed by atoms with Crippen molar-refractivity contribution in [1.29, 1.82) is 0 Å². The highest BCUT2D eigenvalue weighted by atomic mass is 19.1. The highest BCUT2D eigenvalue weighted by molar-refractivity contribution is 5.84. The Morgan fingerprint density at radius 3 is 2.74 bits per heavy atom. The van der Waals surface area contributed by atoms with Gasteiger partial charge in [-0.3, -0.25) is 4.79 Å². The molecular weight excluding hydrogens is 449 g/mol. The van der Waals surface area contributed by atoms with Gasteiger partial charge < -0.3 is 25.0 Å². The zero-order valence-electron chi connectivity index (χ0n) is 20.9. The molecule has 1 aliphatic heterocycles. The van der Waals surface area contributed by atoms with Crippen LogP contribution in [0.5, 0.6) is 0 Å². The number of anilines is 1. The molecule has 188 valence electrons. The summed E-state index contributed by atoms with van der Waals surface area (Å²) in [6.45, 7) is 11.6. The molecule has 35 heavy (non-hydrogen) atoms. The van der Waals surface area contributed by atoms with Gasteiger partial charge in [0.1, 0.15) is 5.69 Å². The van der Waals surface area contributed by atoms with Crippen molar-refractivity contribution in [2.75, 3.05) is 18.5 Å². The minimum absolute atomic E-state index is 0.0758. The number of benzene rings is 1. The third kappa shape index (κ3) is 5.69. The summed E-state index contributed by atoms with van der Waals surface area (Å²) in [5, 5.41) is 17.3. The fraction of sp³-hybridized carbons (Fsp3) is 0.500. The van der Waals surface area contributed by atoms with E-state index in [0.717, 1.165) is 17.4 Å². The van der Waals surface area contributed by atoms with Crippen LogP contribution in [0, 0.1) is 5.82 Å². The molecule has 0 amide bonds. The van der Waals surface area contributed by atoms with Crippen molar-refractivity contribution >= 4 is 16.9 Å². The van der Waals surface area contributed by atoms with E-state index >= 15 is 0 Å². The van der Waals surface area contributed by atoms with Crippen molar-refractivity contribution < 1.29 is 14.2 Å². The molecule has 2 atom stereocenters. The van der Waals surface area contributed by atoms with Gasteiger partial charge in [0.2, 0.25) is 5.95 Å². The summed E-state index contributed by atoms with van der Waals surface area (Å²) < 4.78 is 22.3.